The average Bonchev–Trinajstić information content (AvgIpc) is 1.61. The standard InChI is InChI=1S/C26H28ClN7O3.C17H20ClNSi.C14H19BrN4O3.C11H10ClIN2.C10H11ClIN.C5H12O3.C5H10Si/c1-4-23(35)32-12-17(10-18(32)13-37-3)34-25(28)24(26(29)36)20(31-34)8-5-15-9-21-22(11-19(15)27)33(14(2)30-21)16-6-7-16;1-12-9-14-10-13(7-8-20(2,3)4)16(18)11-17(14)19(12)15-5-6-15;1-3-10(20)9-5-8(4-7(9)6-22-2)19-13(16)11(14(17)21)12(15)18-19;1-6-14-10-5-9(13)8(12)4-11(10)15(6)7-2-3-7;11-8-4-7(3-6-1-2-6)10(13)5-9(8)12;1-5(6-2,7-3)8-4;1-5-6(2,3)4/h4,9,11,16-18H,1,6-7,10,12-13,28H2,2-3H3,(H2,29,36);9-11,15H,5-6H2,1-4H3;3,7-9H,1,4-6,16H2,2H3,(H2,17,21);4-5,7H,2-3H2,1H3;4-6H,1-3,13H2;1-4H3;1H,2-4H3/t17-,18+;;7-,8?,9?;;;;/m0.1..../s1. The quantitative estimate of drug-likeness (QED) is 0.0125. The highest BCUT2D eigenvalue weighted by atomic mass is 127. The molecule has 10 N–H and O–H groups in total. The number of likely N-dealkylation sites (tertiary alicyclic amines) is 1. The average molecular weight is 2050 g/mol. The van der Waals surface area contributed by atoms with Gasteiger partial charge < -0.3 is 71.0 Å². The number of terminal acetylenes is 1. The number of hydrogen-bond donors (Lipinski definition) is 5. The van der Waals surface area contributed by atoms with Crippen molar-refractivity contribution in [2.45, 2.75) is 186 Å². The molecule has 3 amide bonds. The highest BCUT2D eigenvalue weighted by molar-refractivity contribution is 14.1. The van der Waals surface area contributed by atoms with E-state index in [1.165, 1.54) is 104 Å². The van der Waals surface area contributed by atoms with Gasteiger partial charge in [0, 0.05) is 115 Å². The molecule has 6 fully saturated rings. The molecule has 5 aliphatic carbocycles. The first-order valence-electron chi connectivity index (χ1n) is 39.9. The third-order valence-electron chi connectivity index (χ3n) is 21.4. The number of methoxy groups -OCH3 is 5. The fraction of sp³-hybridized carbons (Fsp3) is 0.455. The van der Waals surface area contributed by atoms with E-state index in [1.807, 2.05) is 37.3 Å². The summed E-state index contributed by atoms with van der Waals surface area (Å²) in [6.07, 6.45) is 20.7. The number of amides is 3. The zero-order chi connectivity index (χ0) is 89.2. The first-order chi connectivity index (χ1) is 57.0. The topological polar surface area (TPSA) is 324 Å². The van der Waals surface area contributed by atoms with E-state index in [4.69, 9.17) is 105 Å². The number of rotatable bonds is 19. The first kappa shape index (κ1) is 97.6. The number of benzene rings is 4. The molecular formula is C88H110BrCl4I2N15O9Si2. The van der Waals surface area contributed by atoms with E-state index in [0.717, 1.165) is 86.8 Å². The number of hydrogen-bond acceptors (Lipinski definition) is 16. The van der Waals surface area contributed by atoms with Crippen LogP contribution < -0.4 is 28.7 Å². The third-order valence-corrected chi connectivity index (χ3v) is 27.4. The molecule has 5 atom stereocenters. The van der Waals surface area contributed by atoms with Gasteiger partial charge in [-0.05, 0) is 249 Å². The fourth-order valence-electron chi connectivity index (χ4n) is 14.5. The summed E-state index contributed by atoms with van der Waals surface area (Å²) in [6, 6.07) is 19.5. The number of imidazole rings is 2. The van der Waals surface area contributed by atoms with Gasteiger partial charge in [-0.25, -0.2) is 19.3 Å². The van der Waals surface area contributed by atoms with Crippen molar-refractivity contribution in [3.8, 4) is 35.3 Å². The fourth-order valence-corrected chi connectivity index (χ4v) is 17.2. The molecule has 2 unspecified atom stereocenters. The molecule has 15 rings (SSSR count). The van der Waals surface area contributed by atoms with Gasteiger partial charge in [-0.1, -0.05) is 111 Å². The van der Waals surface area contributed by atoms with Gasteiger partial charge in [0.1, 0.15) is 55.2 Å². The molecule has 33 heteroatoms. The number of nitrogen functional groups attached to an aromatic ring is 3. The normalized spacial score (nSPS) is 17.9. The van der Waals surface area contributed by atoms with Crippen LogP contribution in [0.1, 0.15) is 168 Å². The summed E-state index contributed by atoms with van der Waals surface area (Å²) in [5.74, 6) is 9.88. The van der Waals surface area contributed by atoms with Crippen molar-refractivity contribution in [2.24, 2.45) is 29.2 Å². The van der Waals surface area contributed by atoms with Crippen LogP contribution in [0.4, 0.5) is 17.3 Å². The van der Waals surface area contributed by atoms with Crippen molar-refractivity contribution in [3.63, 3.8) is 0 Å². The Labute approximate surface area is 767 Å². The predicted molar refractivity (Wildman–Crippen MR) is 513 cm³/mol. The van der Waals surface area contributed by atoms with Crippen LogP contribution in [0.2, 0.25) is 59.4 Å². The summed E-state index contributed by atoms with van der Waals surface area (Å²) < 4.78 is 37.3. The van der Waals surface area contributed by atoms with Crippen molar-refractivity contribution in [3.05, 3.63) is 163 Å². The SMILES string of the molecule is C#C[Si](C)(C)C.C=CC(=O)C1CC(n2nc(Br)c(C(N)=O)c2N)C[C@@H]1COC.C=CC(=O)N1C[C@@H](n2nc(C#Cc3cc4nc(C)n(C5CC5)c4cc3Cl)c(C(N)=O)c2N)C[C@@H]1COC.COC(C)(OC)OC.Cc1cc2cc(C#C[Si](C)(C)C)c(Cl)cc2n1C1CC1.Cc1nc2cc(I)c(Cl)cc2n1C1CC1.Nc1cc(I)c(Cl)cc1CC1CC1. The molecule has 0 radical (unpaired) electrons. The molecule has 9 aromatic rings. The molecule has 4 aromatic carbocycles. The lowest BCUT2D eigenvalue weighted by molar-refractivity contribution is -0.340. The molecule has 6 aliphatic rings. The Morgan fingerprint density at radius 2 is 1.12 bits per heavy atom. The molecule has 121 heavy (non-hydrogen) atoms. The Hall–Kier alpha value is -7.25. The highest BCUT2D eigenvalue weighted by Gasteiger charge is 2.42. The Kier molecular flexibility index (Phi) is 34.0. The summed E-state index contributed by atoms with van der Waals surface area (Å²) >= 11 is 32.8. The van der Waals surface area contributed by atoms with E-state index in [9.17, 15) is 19.2 Å². The van der Waals surface area contributed by atoms with E-state index in [1.54, 1.807) is 30.7 Å². The van der Waals surface area contributed by atoms with E-state index in [2.05, 4.69) is 214 Å². The molecule has 0 bridgehead atoms. The van der Waals surface area contributed by atoms with Gasteiger partial charge in [0.2, 0.25) is 5.91 Å². The number of nitrogens with two attached hydrogens (primary N) is 5. The van der Waals surface area contributed by atoms with Crippen LogP contribution in [0.3, 0.4) is 0 Å². The lowest BCUT2D eigenvalue weighted by Gasteiger charge is -2.23. The summed E-state index contributed by atoms with van der Waals surface area (Å²) in [6.45, 7) is 29.4. The van der Waals surface area contributed by atoms with Gasteiger partial charge in [0.15, 0.2) is 11.5 Å². The van der Waals surface area contributed by atoms with Gasteiger partial charge in [0.25, 0.3) is 17.8 Å². The van der Waals surface area contributed by atoms with Crippen molar-refractivity contribution in [1.29, 1.82) is 0 Å². The van der Waals surface area contributed by atoms with Crippen LogP contribution in [0.15, 0.2) is 84.5 Å². The van der Waals surface area contributed by atoms with E-state index in [-0.39, 0.29) is 70.1 Å². The maximum atomic E-state index is 12.4. The summed E-state index contributed by atoms with van der Waals surface area (Å²) in [7, 11) is 5.27. The van der Waals surface area contributed by atoms with Crippen molar-refractivity contribution >= 4 is 197 Å². The number of aryl methyl sites for hydroxylation is 3. The first-order valence-corrected chi connectivity index (χ1v) is 51.3. The predicted octanol–water partition coefficient (Wildman–Crippen LogP) is 18.6. The lowest BCUT2D eigenvalue weighted by Crippen LogP contribution is -2.37. The molecule has 5 saturated carbocycles. The van der Waals surface area contributed by atoms with Crippen LogP contribution >= 0.6 is 108 Å². The van der Waals surface area contributed by atoms with Crippen molar-refractivity contribution in [1.82, 2.24) is 48.1 Å². The number of primary amides is 2. The number of anilines is 3. The summed E-state index contributed by atoms with van der Waals surface area (Å²) in [5, 5.41) is 13.0. The Bertz CT molecular complexity index is 5520. The smallest absolute Gasteiger partial charge is 0.279 e. The third kappa shape index (κ3) is 25.3. The molecule has 6 heterocycles. The largest absolute Gasteiger partial charge is 0.398 e. The molecule has 1 aliphatic heterocycles. The number of carbonyl (C=O) groups is 4. The summed E-state index contributed by atoms with van der Waals surface area (Å²) in [5.41, 5.74) is 45.9. The highest BCUT2D eigenvalue weighted by Crippen LogP contribution is 2.46. The lowest BCUT2D eigenvalue weighted by atomic mass is 9.93. The number of allylic oxidation sites excluding steroid dienone is 1. The van der Waals surface area contributed by atoms with Crippen LogP contribution in [0.25, 0.3) is 33.0 Å². The Morgan fingerprint density at radius 1 is 0.612 bits per heavy atom. The number of ether oxygens (including phenoxy) is 5. The Balaban J connectivity index is 0.000000172. The zero-order valence-electron chi connectivity index (χ0n) is 71.3. The molecule has 0 spiro atoms. The van der Waals surface area contributed by atoms with Gasteiger partial charge >= 0.3 is 0 Å². The van der Waals surface area contributed by atoms with Gasteiger partial charge in [-0.2, -0.15) is 10.2 Å². The maximum absolute atomic E-state index is 12.4. The number of carbonyl (C=O) groups excluding carboxylic acids is 4. The number of ketones is 1. The van der Waals surface area contributed by atoms with Gasteiger partial charge in [0.05, 0.1) is 72.4 Å². The van der Waals surface area contributed by atoms with Crippen molar-refractivity contribution < 1.29 is 42.9 Å². The van der Waals surface area contributed by atoms with E-state index in [0.29, 0.717) is 72.3 Å². The maximum Gasteiger partial charge on any atom is 0.279 e. The van der Waals surface area contributed by atoms with Crippen LogP contribution in [0.5, 0.6) is 0 Å². The minimum absolute atomic E-state index is 0.00975. The minimum atomic E-state index is -1.37. The number of aromatic nitrogens is 9. The number of fused-ring (bicyclic) bond motifs is 3. The number of halogens is 7. The second kappa shape index (κ2) is 42.2. The molecule has 5 aromatic heterocycles. The molecule has 1 saturated heterocycles. The minimum Gasteiger partial charge on any atom is -0.398 e. The molecular weight excluding hydrogens is 1940 g/mol. The van der Waals surface area contributed by atoms with Crippen LogP contribution in [-0.4, -0.2) is 155 Å². The van der Waals surface area contributed by atoms with E-state index >= 15 is 0 Å². The number of nitrogens with zero attached hydrogens (tertiary/aromatic N) is 10. The monoisotopic (exact) mass is 2050 g/mol. The second-order valence-electron chi connectivity index (χ2n) is 33.1. The van der Waals surface area contributed by atoms with Gasteiger partial charge in [-0.15, -0.1) is 17.5 Å². The van der Waals surface area contributed by atoms with Crippen LogP contribution in [0, 0.1) is 80.9 Å². The van der Waals surface area contributed by atoms with Gasteiger partial charge in [-0.3, -0.25) is 19.2 Å². The van der Waals surface area contributed by atoms with E-state index < -0.39 is 33.9 Å². The zero-order valence-corrected chi connectivity index (χ0v) is 82.2. The molecule has 648 valence electrons. The second-order valence-corrected chi connectivity index (χ2v) is 47.4. The Morgan fingerprint density at radius 3 is 1.60 bits per heavy atom. The summed E-state index contributed by atoms with van der Waals surface area (Å²) in [4.78, 5) is 59.0. The molecule has 24 nitrogen and oxygen atoms in total. The van der Waals surface area contributed by atoms with Crippen molar-refractivity contribution in [2.75, 3.05) is 72.5 Å². The van der Waals surface area contributed by atoms with Crippen LogP contribution in [-0.2, 0) is 39.7 Å².